The highest BCUT2D eigenvalue weighted by Crippen LogP contribution is 2.37. The minimum atomic E-state index is -0.832. The Labute approximate surface area is 233 Å². The first-order valence-corrected chi connectivity index (χ1v) is 12.7. The molecule has 10 heteroatoms. The minimum absolute atomic E-state index is 0.203. The van der Waals surface area contributed by atoms with E-state index in [1.54, 1.807) is 36.4 Å². The molecule has 0 saturated carbocycles. The molecule has 196 valence electrons. The fourth-order valence-corrected chi connectivity index (χ4v) is 4.31. The van der Waals surface area contributed by atoms with E-state index in [4.69, 9.17) is 25.8 Å². The van der Waals surface area contributed by atoms with Gasteiger partial charge in [0.2, 0.25) is 0 Å². The molecule has 0 unspecified atom stereocenters. The normalized spacial score (nSPS) is 14.5. The predicted octanol–water partition coefficient (Wildman–Crippen LogP) is 5.85. The van der Waals surface area contributed by atoms with E-state index in [1.807, 2.05) is 32.0 Å². The van der Waals surface area contributed by atoms with Crippen LogP contribution in [-0.4, -0.2) is 38.2 Å². The van der Waals surface area contributed by atoms with Crippen LogP contribution in [0, 0.1) is 13.8 Å². The zero-order valence-electron chi connectivity index (χ0n) is 20.8. The largest absolute Gasteiger partial charge is 0.493 e. The molecule has 3 aromatic carbocycles. The number of methoxy groups -OCH3 is 1. The van der Waals surface area contributed by atoms with Crippen LogP contribution in [0.15, 0.2) is 64.6 Å². The average Bonchev–Trinajstić information content (AvgIpc) is 2.88. The highest BCUT2D eigenvalue weighted by Gasteiger charge is 2.36. The third kappa shape index (κ3) is 6.00. The number of aryl methyl sites for hydroxylation is 2. The van der Waals surface area contributed by atoms with Gasteiger partial charge in [-0.1, -0.05) is 39.7 Å². The van der Waals surface area contributed by atoms with E-state index in [9.17, 15) is 14.4 Å². The molecule has 1 aliphatic rings. The Bertz CT molecular complexity index is 1440. The molecule has 0 bridgehead atoms. The van der Waals surface area contributed by atoms with E-state index in [1.165, 1.54) is 13.2 Å². The smallest absolute Gasteiger partial charge is 0.335 e. The molecule has 1 aliphatic heterocycles. The predicted molar refractivity (Wildman–Crippen MR) is 148 cm³/mol. The third-order valence-electron chi connectivity index (χ3n) is 5.68. The Balaban J connectivity index is 1.52. The number of nitrogens with zero attached hydrogens (tertiary/aromatic N) is 1. The van der Waals surface area contributed by atoms with E-state index in [0.717, 1.165) is 26.2 Å². The minimum Gasteiger partial charge on any atom is -0.493 e. The molecule has 1 N–H and O–H groups in total. The second-order valence-corrected chi connectivity index (χ2v) is 9.76. The number of nitrogens with one attached hydrogen (secondary N) is 1. The molecule has 1 heterocycles. The van der Waals surface area contributed by atoms with Gasteiger partial charge in [0, 0.05) is 4.47 Å². The summed E-state index contributed by atoms with van der Waals surface area (Å²) in [5, 5.41) is 2.41. The molecule has 0 atom stereocenters. The number of hydrogen-bond acceptors (Lipinski definition) is 6. The third-order valence-corrected chi connectivity index (χ3v) is 6.49. The fourth-order valence-electron chi connectivity index (χ4n) is 3.77. The van der Waals surface area contributed by atoms with Gasteiger partial charge in [-0.15, -0.1) is 0 Å². The molecule has 0 aliphatic carbocycles. The van der Waals surface area contributed by atoms with Crippen LogP contribution in [0.3, 0.4) is 0 Å². The maximum atomic E-state index is 13.1. The van der Waals surface area contributed by atoms with Gasteiger partial charge < -0.3 is 14.2 Å². The van der Waals surface area contributed by atoms with Crippen LogP contribution in [-0.2, 0) is 9.59 Å². The summed E-state index contributed by atoms with van der Waals surface area (Å²) in [5.74, 6) is -0.195. The molecule has 0 aromatic heterocycles. The topological polar surface area (TPSA) is 94.2 Å². The van der Waals surface area contributed by atoms with Crippen LogP contribution in [0.2, 0.25) is 5.02 Å². The van der Waals surface area contributed by atoms with Gasteiger partial charge in [0.05, 0.1) is 17.8 Å². The second-order valence-electron chi connectivity index (χ2n) is 8.43. The van der Waals surface area contributed by atoms with E-state index < -0.39 is 17.8 Å². The van der Waals surface area contributed by atoms with Crippen molar-refractivity contribution < 1.29 is 28.6 Å². The molecular weight excluding hydrogens is 576 g/mol. The highest BCUT2D eigenvalue weighted by atomic mass is 79.9. The highest BCUT2D eigenvalue weighted by molar-refractivity contribution is 9.10. The zero-order valence-corrected chi connectivity index (χ0v) is 23.2. The van der Waals surface area contributed by atoms with Crippen molar-refractivity contribution in [2.24, 2.45) is 0 Å². The summed E-state index contributed by atoms with van der Waals surface area (Å²) in [6.45, 7) is 4.44. The van der Waals surface area contributed by atoms with Gasteiger partial charge in [0.15, 0.2) is 11.5 Å². The standard InChI is InChI=1S/C28H24BrClN2O6/c1-16-4-5-17(2)23(12-16)37-10-11-38-25-22(30)14-18(15-24(25)36-3)13-21-26(33)31-28(35)32(27(21)34)20-8-6-19(29)7-9-20/h4-9,12-15H,10-11H2,1-3H3,(H,31,33,35). The Morgan fingerprint density at radius 1 is 0.947 bits per heavy atom. The molecule has 4 amide bonds. The molecular formula is C28H24BrClN2O6. The summed E-state index contributed by atoms with van der Waals surface area (Å²) in [4.78, 5) is 39.0. The van der Waals surface area contributed by atoms with Crippen molar-refractivity contribution in [1.29, 1.82) is 0 Å². The Morgan fingerprint density at radius 3 is 2.37 bits per heavy atom. The van der Waals surface area contributed by atoms with Gasteiger partial charge >= 0.3 is 6.03 Å². The quantitative estimate of drug-likeness (QED) is 0.198. The second kappa shape index (κ2) is 11.7. The first-order valence-electron chi connectivity index (χ1n) is 11.6. The van der Waals surface area contributed by atoms with Crippen LogP contribution < -0.4 is 24.4 Å². The van der Waals surface area contributed by atoms with Crippen LogP contribution in [0.5, 0.6) is 17.2 Å². The molecule has 0 spiro atoms. The number of ether oxygens (including phenoxy) is 3. The SMILES string of the molecule is COc1cc(C=C2C(=O)NC(=O)N(c3ccc(Br)cc3)C2=O)cc(Cl)c1OCCOc1cc(C)ccc1C. The first-order chi connectivity index (χ1) is 18.2. The Kier molecular flexibility index (Phi) is 8.38. The summed E-state index contributed by atoms with van der Waals surface area (Å²) >= 11 is 9.79. The van der Waals surface area contributed by atoms with E-state index in [0.29, 0.717) is 22.7 Å². The molecule has 38 heavy (non-hydrogen) atoms. The summed E-state index contributed by atoms with van der Waals surface area (Å²) in [6.07, 6.45) is 1.35. The van der Waals surface area contributed by atoms with Crippen LogP contribution >= 0.6 is 27.5 Å². The molecule has 4 rings (SSSR count). The van der Waals surface area contributed by atoms with E-state index in [-0.39, 0.29) is 23.8 Å². The van der Waals surface area contributed by atoms with E-state index in [2.05, 4.69) is 21.2 Å². The maximum Gasteiger partial charge on any atom is 0.335 e. The summed E-state index contributed by atoms with van der Waals surface area (Å²) in [7, 11) is 1.45. The van der Waals surface area contributed by atoms with Gasteiger partial charge in [-0.05, 0) is 79.1 Å². The number of hydrogen-bond donors (Lipinski definition) is 1. The molecule has 8 nitrogen and oxygen atoms in total. The van der Waals surface area contributed by atoms with Crippen LogP contribution in [0.25, 0.3) is 6.08 Å². The summed E-state index contributed by atoms with van der Waals surface area (Å²) < 4.78 is 17.9. The van der Waals surface area contributed by atoms with Crippen molar-refractivity contribution in [1.82, 2.24) is 5.32 Å². The number of imide groups is 2. The lowest BCUT2D eigenvalue weighted by molar-refractivity contribution is -0.122. The number of anilines is 1. The number of rotatable bonds is 8. The fraction of sp³-hybridized carbons (Fsp3) is 0.179. The summed E-state index contributed by atoms with van der Waals surface area (Å²) in [5.41, 5.74) is 2.60. The van der Waals surface area contributed by atoms with Crippen molar-refractivity contribution in [2.45, 2.75) is 13.8 Å². The molecule has 0 radical (unpaired) electrons. The monoisotopic (exact) mass is 598 g/mol. The lowest BCUT2D eigenvalue weighted by Gasteiger charge is -2.26. The summed E-state index contributed by atoms with van der Waals surface area (Å²) in [6, 6.07) is 14.8. The molecule has 3 aromatic rings. The van der Waals surface area contributed by atoms with Gasteiger partial charge in [-0.25, -0.2) is 9.69 Å². The average molecular weight is 600 g/mol. The van der Waals surface area contributed by atoms with Crippen molar-refractivity contribution in [3.63, 3.8) is 0 Å². The number of halogens is 2. The lowest BCUT2D eigenvalue weighted by atomic mass is 10.1. The van der Waals surface area contributed by atoms with Gasteiger partial charge in [0.1, 0.15) is 24.5 Å². The number of amides is 4. The maximum absolute atomic E-state index is 13.1. The lowest BCUT2D eigenvalue weighted by Crippen LogP contribution is -2.54. The Morgan fingerprint density at radius 2 is 1.66 bits per heavy atom. The van der Waals surface area contributed by atoms with Crippen molar-refractivity contribution in [3.8, 4) is 17.2 Å². The van der Waals surface area contributed by atoms with Crippen LogP contribution in [0.1, 0.15) is 16.7 Å². The van der Waals surface area contributed by atoms with Crippen LogP contribution in [0.4, 0.5) is 10.5 Å². The van der Waals surface area contributed by atoms with E-state index >= 15 is 0 Å². The number of carbonyl (C=O) groups is 3. The first kappa shape index (κ1) is 27.2. The zero-order chi connectivity index (χ0) is 27.4. The van der Waals surface area contributed by atoms with Crippen molar-refractivity contribution in [2.75, 3.05) is 25.2 Å². The molecule has 1 fully saturated rings. The van der Waals surface area contributed by atoms with Gasteiger partial charge in [0.25, 0.3) is 11.8 Å². The molecule has 1 saturated heterocycles. The van der Waals surface area contributed by atoms with Gasteiger partial charge in [-0.2, -0.15) is 0 Å². The number of carbonyl (C=O) groups excluding carboxylic acids is 3. The number of urea groups is 1. The Hall–Kier alpha value is -3.82. The van der Waals surface area contributed by atoms with Crippen molar-refractivity contribution in [3.05, 3.63) is 86.4 Å². The number of barbiturate groups is 1. The number of benzene rings is 3. The van der Waals surface area contributed by atoms with Gasteiger partial charge in [-0.3, -0.25) is 14.9 Å². The van der Waals surface area contributed by atoms with Crippen molar-refractivity contribution >= 4 is 57.1 Å².